The van der Waals surface area contributed by atoms with Crippen molar-refractivity contribution in [3.63, 3.8) is 0 Å². The van der Waals surface area contributed by atoms with E-state index in [-0.39, 0.29) is 5.54 Å². The van der Waals surface area contributed by atoms with Gasteiger partial charge in [0.1, 0.15) is 17.2 Å². The summed E-state index contributed by atoms with van der Waals surface area (Å²) in [5.74, 6) is 1.97. The van der Waals surface area contributed by atoms with Gasteiger partial charge in [0.2, 0.25) is 0 Å². The first-order valence-electron chi connectivity index (χ1n) is 10.2. The zero-order chi connectivity index (χ0) is 21.3. The van der Waals surface area contributed by atoms with E-state index in [4.69, 9.17) is 15.5 Å². The van der Waals surface area contributed by atoms with Crippen LogP contribution < -0.4 is 15.4 Å². The molecule has 1 amide bonds. The zero-order valence-corrected chi connectivity index (χ0v) is 17.7. The van der Waals surface area contributed by atoms with Gasteiger partial charge in [0.25, 0.3) is 0 Å². The van der Waals surface area contributed by atoms with Crippen LogP contribution in [0.25, 0.3) is 22.4 Å². The Bertz CT molecular complexity index is 1040. The first-order valence-corrected chi connectivity index (χ1v) is 10.2. The van der Waals surface area contributed by atoms with E-state index in [0.29, 0.717) is 17.1 Å². The number of fused-ring (bicyclic) bond motifs is 1. The Labute approximate surface area is 176 Å². The maximum atomic E-state index is 11.1. The monoisotopic (exact) mass is 408 g/mol. The van der Waals surface area contributed by atoms with Gasteiger partial charge in [0, 0.05) is 43.5 Å². The number of para-hydroxylation sites is 1. The van der Waals surface area contributed by atoms with E-state index < -0.39 is 6.09 Å². The van der Waals surface area contributed by atoms with E-state index in [2.05, 4.69) is 40.5 Å². The van der Waals surface area contributed by atoms with E-state index >= 15 is 0 Å². The normalized spacial score (nSPS) is 15.9. The zero-order valence-electron chi connectivity index (χ0n) is 17.7. The van der Waals surface area contributed by atoms with Crippen LogP contribution in [-0.2, 0) is 0 Å². The lowest BCUT2D eigenvalue weighted by Gasteiger charge is -2.34. The molecule has 4 rings (SSSR count). The fourth-order valence-electron chi connectivity index (χ4n) is 3.86. The summed E-state index contributed by atoms with van der Waals surface area (Å²) in [6.07, 6.45) is 2.08. The van der Waals surface area contributed by atoms with Crippen molar-refractivity contribution in [2.45, 2.75) is 32.7 Å². The first-order chi connectivity index (χ1) is 14.3. The molecule has 0 atom stereocenters. The van der Waals surface area contributed by atoms with E-state index in [0.717, 1.165) is 49.5 Å². The Morgan fingerprint density at radius 3 is 2.67 bits per heavy atom. The summed E-state index contributed by atoms with van der Waals surface area (Å²) in [5, 5.41) is 0. The molecule has 1 aliphatic heterocycles. The lowest BCUT2D eigenvalue weighted by atomic mass is 10.1. The summed E-state index contributed by atoms with van der Waals surface area (Å²) < 4.78 is 5.05. The number of ether oxygens (including phenoxy) is 1. The van der Waals surface area contributed by atoms with Crippen molar-refractivity contribution >= 4 is 22.9 Å². The van der Waals surface area contributed by atoms with Gasteiger partial charge in [-0.15, -0.1) is 0 Å². The Kier molecular flexibility index (Phi) is 5.34. The van der Waals surface area contributed by atoms with Gasteiger partial charge in [-0.1, -0.05) is 6.07 Å². The highest BCUT2D eigenvalue weighted by atomic mass is 16.5. The molecule has 3 heterocycles. The number of nitrogens with two attached hydrogens (primary N) is 1. The second-order valence-electron chi connectivity index (χ2n) is 8.56. The number of aromatic nitrogens is 3. The smallest absolute Gasteiger partial charge is 0.408 e. The summed E-state index contributed by atoms with van der Waals surface area (Å²) >= 11 is 0. The molecular formula is C22H28N6O2. The minimum absolute atomic E-state index is 0.186. The molecule has 1 aliphatic rings. The third kappa shape index (κ3) is 4.23. The van der Waals surface area contributed by atoms with Gasteiger partial charge >= 0.3 is 6.09 Å². The van der Waals surface area contributed by atoms with Crippen LogP contribution in [-0.4, -0.2) is 57.7 Å². The third-order valence-electron chi connectivity index (χ3n) is 5.48. The standard InChI is InChI=1S/C22H28N6O2/c1-22(2,3)28-11-5-10-27(12-13-28)18-9-8-15(14-24-18)20-25-16-6-4-7-17(19(16)26-20)30-21(23)29/h4,6-9,14H,5,10-13H2,1-3H3,(H2,23,29)(H,25,26). The van der Waals surface area contributed by atoms with Gasteiger partial charge in [-0.3, -0.25) is 4.90 Å². The van der Waals surface area contributed by atoms with Crippen molar-refractivity contribution in [1.29, 1.82) is 0 Å². The summed E-state index contributed by atoms with van der Waals surface area (Å²) in [4.78, 5) is 28.5. The second-order valence-corrected chi connectivity index (χ2v) is 8.56. The van der Waals surface area contributed by atoms with Crippen LogP contribution in [0.4, 0.5) is 10.6 Å². The predicted molar refractivity (Wildman–Crippen MR) is 118 cm³/mol. The number of nitrogens with one attached hydrogen (secondary N) is 1. The van der Waals surface area contributed by atoms with Crippen LogP contribution in [0.3, 0.4) is 0 Å². The number of amides is 1. The number of anilines is 1. The van der Waals surface area contributed by atoms with Crippen LogP contribution in [0, 0.1) is 0 Å². The van der Waals surface area contributed by atoms with Crippen molar-refractivity contribution in [2.24, 2.45) is 5.73 Å². The van der Waals surface area contributed by atoms with Gasteiger partial charge in [0.05, 0.1) is 5.52 Å². The van der Waals surface area contributed by atoms with E-state index in [9.17, 15) is 4.79 Å². The molecule has 8 nitrogen and oxygen atoms in total. The molecule has 1 fully saturated rings. The average Bonchev–Trinajstić information content (AvgIpc) is 2.97. The number of hydrogen-bond acceptors (Lipinski definition) is 6. The molecule has 0 saturated carbocycles. The summed E-state index contributed by atoms with van der Waals surface area (Å²) in [7, 11) is 0. The van der Waals surface area contributed by atoms with Gasteiger partial charge in [-0.2, -0.15) is 0 Å². The van der Waals surface area contributed by atoms with Crippen molar-refractivity contribution in [3.8, 4) is 17.1 Å². The van der Waals surface area contributed by atoms with Gasteiger partial charge in [-0.25, -0.2) is 14.8 Å². The van der Waals surface area contributed by atoms with Gasteiger partial charge in [0.15, 0.2) is 5.75 Å². The lowest BCUT2D eigenvalue weighted by molar-refractivity contribution is 0.148. The van der Waals surface area contributed by atoms with Crippen LogP contribution >= 0.6 is 0 Å². The molecule has 158 valence electrons. The Hall–Kier alpha value is -3.13. The number of aromatic amines is 1. The molecule has 8 heteroatoms. The number of pyridine rings is 1. The fraction of sp³-hybridized carbons (Fsp3) is 0.409. The molecule has 0 radical (unpaired) electrons. The number of benzene rings is 1. The van der Waals surface area contributed by atoms with Crippen LogP contribution in [0.2, 0.25) is 0 Å². The number of carbonyl (C=O) groups is 1. The molecule has 1 saturated heterocycles. The number of rotatable bonds is 3. The molecule has 3 aromatic rings. The topological polar surface area (TPSA) is 100 Å². The Balaban J connectivity index is 1.53. The quantitative estimate of drug-likeness (QED) is 0.689. The molecule has 30 heavy (non-hydrogen) atoms. The number of primary amides is 1. The van der Waals surface area contributed by atoms with E-state index in [1.165, 1.54) is 0 Å². The Morgan fingerprint density at radius 1 is 1.13 bits per heavy atom. The van der Waals surface area contributed by atoms with Crippen molar-refractivity contribution in [1.82, 2.24) is 19.9 Å². The van der Waals surface area contributed by atoms with Gasteiger partial charge in [-0.05, 0) is 51.5 Å². The highest BCUT2D eigenvalue weighted by Gasteiger charge is 2.24. The molecule has 0 bridgehead atoms. The number of H-pyrrole nitrogens is 1. The minimum atomic E-state index is -0.861. The summed E-state index contributed by atoms with van der Waals surface area (Å²) in [6, 6.07) is 9.38. The first kappa shape index (κ1) is 20.2. The summed E-state index contributed by atoms with van der Waals surface area (Å²) in [5.41, 5.74) is 7.53. The largest absolute Gasteiger partial charge is 0.410 e. The highest BCUT2D eigenvalue weighted by molar-refractivity contribution is 5.87. The lowest BCUT2D eigenvalue weighted by Crippen LogP contribution is -2.43. The molecule has 0 unspecified atom stereocenters. The van der Waals surface area contributed by atoms with Crippen molar-refractivity contribution < 1.29 is 9.53 Å². The second kappa shape index (κ2) is 7.95. The van der Waals surface area contributed by atoms with E-state index in [1.807, 2.05) is 24.4 Å². The number of hydrogen-bond donors (Lipinski definition) is 2. The molecule has 0 spiro atoms. The maximum absolute atomic E-state index is 11.1. The minimum Gasteiger partial charge on any atom is -0.408 e. The van der Waals surface area contributed by atoms with Crippen molar-refractivity contribution in [2.75, 3.05) is 31.1 Å². The maximum Gasteiger partial charge on any atom is 0.410 e. The van der Waals surface area contributed by atoms with Crippen LogP contribution in [0.1, 0.15) is 27.2 Å². The number of nitrogens with zero attached hydrogens (tertiary/aromatic N) is 4. The highest BCUT2D eigenvalue weighted by Crippen LogP contribution is 2.28. The molecule has 3 N–H and O–H groups in total. The molecule has 2 aromatic heterocycles. The average molecular weight is 409 g/mol. The summed E-state index contributed by atoms with van der Waals surface area (Å²) in [6.45, 7) is 10.9. The van der Waals surface area contributed by atoms with Crippen LogP contribution in [0.15, 0.2) is 36.5 Å². The van der Waals surface area contributed by atoms with Gasteiger partial charge < -0.3 is 20.4 Å². The fourth-order valence-corrected chi connectivity index (χ4v) is 3.86. The molecule has 0 aliphatic carbocycles. The SMILES string of the molecule is CC(C)(C)N1CCCN(c2ccc(-c3nc4c(OC(N)=O)cccc4[nH]3)cn2)CC1. The predicted octanol–water partition coefficient (Wildman–Crippen LogP) is 3.39. The Morgan fingerprint density at radius 2 is 1.97 bits per heavy atom. The van der Waals surface area contributed by atoms with E-state index in [1.54, 1.807) is 12.1 Å². The van der Waals surface area contributed by atoms with Crippen molar-refractivity contribution in [3.05, 3.63) is 36.5 Å². The molecular weight excluding hydrogens is 380 g/mol. The molecule has 1 aromatic carbocycles. The third-order valence-corrected chi connectivity index (χ3v) is 5.48. The number of imidazole rings is 1. The van der Waals surface area contributed by atoms with Crippen LogP contribution in [0.5, 0.6) is 5.75 Å². The number of carbonyl (C=O) groups excluding carboxylic acids is 1.